The van der Waals surface area contributed by atoms with Crippen molar-refractivity contribution in [2.45, 2.75) is 13.1 Å². The minimum atomic E-state index is -0.780. The minimum absolute atomic E-state index is 0.0209. The molecule has 0 aliphatic carbocycles. The number of nitrogens with zero attached hydrogens (tertiary/aromatic N) is 5. The summed E-state index contributed by atoms with van der Waals surface area (Å²) in [5.41, 5.74) is -0.932. The fourth-order valence-electron chi connectivity index (χ4n) is 3.40. The summed E-state index contributed by atoms with van der Waals surface area (Å²) in [4.78, 5) is 29.0. The molecule has 0 fully saturated rings. The second-order valence-corrected chi connectivity index (χ2v) is 8.18. The SMILES string of the molecule is COc1ccc(-n2c(=O)c3c(CN(C)C)csc3n(Cc3c(F)cccc3F)c2=O)nn1. The Bertz CT molecular complexity index is 1390. The first-order valence-electron chi connectivity index (χ1n) is 9.53. The number of ether oxygens (including phenoxy) is 1. The second-order valence-electron chi connectivity index (χ2n) is 7.32. The van der Waals surface area contributed by atoms with Crippen molar-refractivity contribution < 1.29 is 13.5 Å². The normalized spacial score (nSPS) is 11.4. The van der Waals surface area contributed by atoms with Crippen molar-refractivity contribution in [1.29, 1.82) is 0 Å². The van der Waals surface area contributed by atoms with Crippen molar-refractivity contribution in [1.82, 2.24) is 24.2 Å². The van der Waals surface area contributed by atoms with Crippen LogP contribution in [0.25, 0.3) is 16.0 Å². The first-order chi connectivity index (χ1) is 15.3. The number of rotatable bonds is 6. The van der Waals surface area contributed by atoms with E-state index >= 15 is 0 Å². The Morgan fingerprint density at radius 1 is 1.09 bits per heavy atom. The largest absolute Gasteiger partial charge is 0.480 e. The summed E-state index contributed by atoms with van der Waals surface area (Å²) in [5.74, 6) is -1.37. The van der Waals surface area contributed by atoms with Gasteiger partial charge in [0.2, 0.25) is 5.88 Å². The molecule has 0 aliphatic heterocycles. The molecule has 0 spiro atoms. The molecule has 11 heteroatoms. The Morgan fingerprint density at radius 3 is 2.41 bits per heavy atom. The Morgan fingerprint density at radius 2 is 1.81 bits per heavy atom. The van der Waals surface area contributed by atoms with E-state index in [2.05, 4.69) is 10.2 Å². The van der Waals surface area contributed by atoms with Gasteiger partial charge >= 0.3 is 5.69 Å². The van der Waals surface area contributed by atoms with Crippen LogP contribution in [0.15, 0.2) is 45.3 Å². The molecule has 8 nitrogen and oxygen atoms in total. The lowest BCUT2D eigenvalue weighted by Crippen LogP contribution is -2.39. The molecule has 4 aromatic rings. The van der Waals surface area contributed by atoms with Crippen LogP contribution in [-0.4, -0.2) is 45.4 Å². The molecule has 32 heavy (non-hydrogen) atoms. The van der Waals surface area contributed by atoms with Gasteiger partial charge in [0.05, 0.1) is 19.0 Å². The zero-order chi connectivity index (χ0) is 23.0. The van der Waals surface area contributed by atoms with Crippen molar-refractivity contribution in [3.05, 3.63) is 79.3 Å². The van der Waals surface area contributed by atoms with Crippen molar-refractivity contribution in [2.75, 3.05) is 21.2 Å². The molecule has 0 amide bonds. The summed E-state index contributed by atoms with van der Waals surface area (Å²) in [5, 5.41) is 9.81. The van der Waals surface area contributed by atoms with Gasteiger partial charge in [-0.1, -0.05) is 6.07 Å². The summed E-state index contributed by atoms with van der Waals surface area (Å²) >= 11 is 1.17. The van der Waals surface area contributed by atoms with E-state index < -0.39 is 22.9 Å². The number of methoxy groups -OCH3 is 1. The molecule has 0 saturated carbocycles. The number of hydrogen-bond acceptors (Lipinski definition) is 7. The summed E-state index contributed by atoms with van der Waals surface area (Å²) in [6, 6.07) is 6.38. The standard InChI is InChI=1S/C21H19F2N5O3S/c1-26(2)9-12-11-32-20-18(12)19(29)28(16-7-8-17(31-3)25-24-16)21(30)27(20)10-13-14(22)5-4-6-15(13)23/h4-8,11H,9-10H2,1-3H3. The van der Waals surface area contributed by atoms with Crippen LogP contribution >= 0.6 is 11.3 Å². The van der Waals surface area contributed by atoms with E-state index in [-0.39, 0.29) is 29.2 Å². The van der Waals surface area contributed by atoms with Gasteiger partial charge in [0, 0.05) is 18.2 Å². The van der Waals surface area contributed by atoms with Gasteiger partial charge in [-0.3, -0.25) is 9.36 Å². The Hall–Kier alpha value is -3.44. The predicted molar refractivity (Wildman–Crippen MR) is 117 cm³/mol. The average Bonchev–Trinajstić information content (AvgIpc) is 3.16. The Kier molecular flexibility index (Phi) is 5.85. The highest BCUT2D eigenvalue weighted by atomic mass is 32.1. The number of hydrogen-bond donors (Lipinski definition) is 0. The molecule has 166 valence electrons. The van der Waals surface area contributed by atoms with Crippen LogP contribution in [0.2, 0.25) is 0 Å². The average molecular weight is 459 g/mol. The van der Waals surface area contributed by atoms with Gasteiger partial charge in [0.15, 0.2) is 5.82 Å². The lowest BCUT2D eigenvalue weighted by Gasteiger charge is -2.14. The van der Waals surface area contributed by atoms with Gasteiger partial charge in [-0.2, -0.15) is 0 Å². The van der Waals surface area contributed by atoms with Crippen LogP contribution in [0.1, 0.15) is 11.1 Å². The lowest BCUT2D eigenvalue weighted by atomic mass is 10.2. The number of thiophene rings is 1. The van der Waals surface area contributed by atoms with Crippen LogP contribution in [0, 0.1) is 11.6 Å². The molecule has 1 aromatic carbocycles. The summed E-state index contributed by atoms with van der Waals surface area (Å²) in [6.45, 7) is 0.0510. The fraction of sp³-hybridized carbons (Fsp3) is 0.238. The molecule has 0 atom stereocenters. The topological polar surface area (TPSA) is 82.2 Å². The quantitative estimate of drug-likeness (QED) is 0.441. The highest BCUT2D eigenvalue weighted by Gasteiger charge is 2.22. The summed E-state index contributed by atoms with van der Waals surface area (Å²) in [7, 11) is 5.11. The molecule has 0 bridgehead atoms. The van der Waals surface area contributed by atoms with Crippen molar-refractivity contribution >= 4 is 21.6 Å². The number of benzene rings is 1. The monoisotopic (exact) mass is 459 g/mol. The van der Waals surface area contributed by atoms with E-state index in [9.17, 15) is 18.4 Å². The smallest absolute Gasteiger partial charge is 0.338 e. The maximum Gasteiger partial charge on any atom is 0.338 e. The molecule has 4 rings (SSSR count). The second kappa shape index (κ2) is 8.60. The van der Waals surface area contributed by atoms with Crippen LogP contribution in [0.4, 0.5) is 8.78 Å². The van der Waals surface area contributed by atoms with E-state index in [4.69, 9.17) is 4.74 Å². The molecule has 3 aromatic heterocycles. The molecular formula is C21H19F2N5O3S. The highest BCUT2D eigenvalue weighted by molar-refractivity contribution is 7.17. The maximum absolute atomic E-state index is 14.4. The van der Waals surface area contributed by atoms with Gasteiger partial charge in [-0.05, 0) is 43.2 Å². The Labute approximate surface area is 184 Å². The van der Waals surface area contributed by atoms with Crippen molar-refractivity contribution in [2.24, 2.45) is 0 Å². The number of halogens is 2. The maximum atomic E-state index is 14.4. The summed E-state index contributed by atoms with van der Waals surface area (Å²) < 4.78 is 35.8. The minimum Gasteiger partial charge on any atom is -0.480 e. The predicted octanol–water partition coefficient (Wildman–Crippen LogP) is 2.40. The van der Waals surface area contributed by atoms with E-state index in [1.54, 1.807) is 5.38 Å². The van der Waals surface area contributed by atoms with Crippen LogP contribution in [0.5, 0.6) is 5.88 Å². The van der Waals surface area contributed by atoms with Gasteiger partial charge in [-0.25, -0.2) is 18.1 Å². The number of aromatic nitrogens is 4. The van der Waals surface area contributed by atoms with Crippen LogP contribution < -0.4 is 16.0 Å². The molecule has 0 radical (unpaired) electrons. The first kappa shape index (κ1) is 21.8. The fourth-order valence-corrected chi connectivity index (χ4v) is 4.45. The first-order valence-corrected chi connectivity index (χ1v) is 10.4. The highest BCUT2D eigenvalue weighted by Crippen LogP contribution is 2.25. The molecular weight excluding hydrogens is 440 g/mol. The Balaban J connectivity index is 2.03. The third kappa shape index (κ3) is 3.80. The molecule has 0 N–H and O–H groups in total. The molecule has 0 saturated heterocycles. The van der Waals surface area contributed by atoms with Crippen molar-refractivity contribution in [3.8, 4) is 11.7 Å². The molecule has 0 aliphatic rings. The van der Waals surface area contributed by atoms with Crippen LogP contribution in [-0.2, 0) is 13.1 Å². The zero-order valence-corrected chi connectivity index (χ0v) is 18.3. The molecule has 0 unspecified atom stereocenters. The van der Waals surface area contributed by atoms with Gasteiger partial charge in [0.25, 0.3) is 5.56 Å². The lowest BCUT2D eigenvalue weighted by molar-refractivity contribution is 0.391. The van der Waals surface area contributed by atoms with E-state index in [0.717, 1.165) is 16.7 Å². The third-order valence-electron chi connectivity index (χ3n) is 4.86. The van der Waals surface area contributed by atoms with Gasteiger partial charge in [-0.15, -0.1) is 21.5 Å². The molecule has 3 heterocycles. The van der Waals surface area contributed by atoms with E-state index in [1.807, 2.05) is 19.0 Å². The third-order valence-corrected chi connectivity index (χ3v) is 5.91. The number of fused-ring (bicyclic) bond motifs is 1. The van der Waals surface area contributed by atoms with Gasteiger partial charge < -0.3 is 9.64 Å². The zero-order valence-electron chi connectivity index (χ0n) is 17.5. The van der Waals surface area contributed by atoms with Crippen LogP contribution in [0.3, 0.4) is 0 Å². The van der Waals surface area contributed by atoms with E-state index in [1.165, 1.54) is 41.2 Å². The van der Waals surface area contributed by atoms with E-state index in [0.29, 0.717) is 16.9 Å². The van der Waals surface area contributed by atoms with Crippen molar-refractivity contribution in [3.63, 3.8) is 0 Å². The van der Waals surface area contributed by atoms with Gasteiger partial charge in [0.1, 0.15) is 16.5 Å². The summed E-state index contributed by atoms with van der Waals surface area (Å²) in [6.07, 6.45) is 0.